The minimum Gasteiger partial charge on any atom is -0.274 e. The van der Waals surface area contributed by atoms with Crippen molar-refractivity contribution in [2.45, 2.75) is 26.1 Å². The maximum absolute atomic E-state index is 12.5. The number of thioether (sulfide) groups is 1. The number of rotatable bonds is 3. The van der Waals surface area contributed by atoms with Crippen LogP contribution in [0.25, 0.3) is 10.9 Å². The van der Waals surface area contributed by atoms with E-state index in [0.29, 0.717) is 11.3 Å². The number of aromatic nitrogens is 1. The van der Waals surface area contributed by atoms with Crippen LogP contribution in [-0.2, 0) is 9.59 Å². The zero-order valence-corrected chi connectivity index (χ0v) is 19.4. The molecule has 0 bridgehead atoms. The number of nitrogens with zero attached hydrogens (tertiary/aromatic N) is 5. The van der Waals surface area contributed by atoms with E-state index in [1.807, 2.05) is 31.2 Å². The zero-order chi connectivity index (χ0) is 23.9. The highest BCUT2D eigenvalue weighted by Gasteiger charge is 2.37. The minimum atomic E-state index is -0.637. The first-order valence-electron chi connectivity index (χ1n) is 9.83. The summed E-state index contributed by atoms with van der Waals surface area (Å²) in [7, 11) is 0. The van der Waals surface area contributed by atoms with Gasteiger partial charge >= 0.3 is 0 Å². The van der Waals surface area contributed by atoms with E-state index in [0.717, 1.165) is 16.5 Å². The molecule has 1 aromatic heterocycles. The first kappa shape index (κ1) is 22.7. The monoisotopic (exact) mass is 483 g/mol. The Morgan fingerprint density at radius 2 is 1.88 bits per heavy atom. The fourth-order valence-corrected chi connectivity index (χ4v) is 5.09. The second kappa shape index (κ2) is 8.80. The third kappa shape index (κ3) is 4.27. The lowest BCUT2D eigenvalue weighted by Crippen LogP contribution is -2.32. The molecule has 0 aliphatic carbocycles. The van der Waals surface area contributed by atoms with Crippen LogP contribution < -0.4 is 4.90 Å². The standard InChI is InChI=1S/C22H18ClN5O4S/c1-12-5-4-6-15-11-18(20(23)24-19(12)15)21-27(14(3)30)25-22(33-21)26(13(2)29)16-7-9-17(10-8-16)28(31)32/h4-11,21H,1-3H3. The SMILES string of the molecule is CC(=O)N(C1=NN(C(C)=O)C(c2cc3cccc(C)c3nc2Cl)S1)c1ccc([N+](=O)[O-])cc1. The minimum absolute atomic E-state index is 0.101. The van der Waals surface area contributed by atoms with Gasteiger partial charge in [-0.3, -0.25) is 24.6 Å². The van der Waals surface area contributed by atoms with Gasteiger partial charge in [-0.05, 0) is 30.7 Å². The summed E-state index contributed by atoms with van der Waals surface area (Å²) in [5.41, 5.74) is 2.61. The van der Waals surface area contributed by atoms with Crippen LogP contribution >= 0.6 is 23.4 Å². The van der Waals surface area contributed by atoms with Crippen molar-refractivity contribution in [3.05, 3.63) is 74.9 Å². The second-order valence-electron chi connectivity index (χ2n) is 7.36. The average molecular weight is 484 g/mol. The number of nitro groups is 1. The van der Waals surface area contributed by atoms with Crippen LogP contribution in [0.3, 0.4) is 0 Å². The van der Waals surface area contributed by atoms with E-state index in [9.17, 15) is 19.7 Å². The Kier molecular flexibility index (Phi) is 6.05. The van der Waals surface area contributed by atoms with Crippen LogP contribution in [0.4, 0.5) is 11.4 Å². The molecule has 0 fully saturated rings. The molecule has 9 nitrogen and oxygen atoms in total. The molecule has 11 heteroatoms. The highest BCUT2D eigenvalue weighted by Crippen LogP contribution is 2.44. The van der Waals surface area contributed by atoms with Crippen molar-refractivity contribution in [2.24, 2.45) is 5.10 Å². The average Bonchev–Trinajstić information content (AvgIpc) is 3.19. The van der Waals surface area contributed by atoms with Gasteiger partial charge in [0.25, 0.3) is 5.69 Å². The molecule has 2 aromatic carbocycles. The molecule has 33 heavy (non-hydrogen) atoms. The number of benzene rings is 2. The summed E-state index contributed by atoms with van der Waals surface area (Å²) in [6.45, 7) is 4.66. The third-order valence-corrected chi connectivity index (χ3v) is 6.53. The first-order valence-corrected chi connectivity index (χ1v) is 11.1. The number of amides is 2. The molecule has 0 saturated carbocycles. The molecular weight excluding hydrogens is 466 g/mol. The molecule has 168 valence electrons. The lowest BCUT2D eigenvalue weighted by molar-refractivity contribution is -0.384. The number of hydrogen-bond acceptors (Lipinski definition) is 7. The van der Waals surface area contributed by atoms with E-state index in [1.165, 1.54) is 59.8 Å². The number of amidine groups is 1. The number of halogens is 1. The molecule has 1 aliphatic rings. The summed E-state index contributed by atoms with van der Waals surface area (Å²) in [5, 5.41) is 17.3. The smallest absolute Gasteiger partial charge is 0.269 e. The summed E-state index contributed by atoms with van der Waals surface area (Å²) in [5.74, 6) is -0.701. The maximum atomic E-state index is 12.5. The number of non-ortho nitro benzene ring substituents is 1. The summed E-state index contributed by atoms with van der Waals surface area (Å²) in [6, 6.07) is 13.2. The van der Waals surface area contributed by atoms with Gasteiger partial charge in [0, 0.05) is 36.9 Å². The molecule has 0 radical (unpaired) electrons. The number of nitro benzene ring substituents is 1. The first-order chi connectivity index (χ1) is 15.7. The van der Waals surface area contributed by atoms with Crippen LogP contribution in [0.5, 0.6) is 0 Å². The largest absolute Gasteiger partial charge is 0.274 e. The predicted molar refractivity (Wildman–Crippen MR) is 128 cm³/mol. The molecule has 0 spiro atoms. The van der Waals surface area contributed by atoms with E-state index in [1.54, 1.807) is 0 Å². The molecule has 2 heterocycles. The van der Waals surface area contributed by atoms with Gasteiger partial charge in [-0.15, -0.1) is 5.10 Å². The van der Waals surface area contributed by atoms with Gasteiger partial charge in [0.15, 0.2) is 5.17 Å². The quantitative estimate of drug-likeness (QED) is 0.294. The number of para-hydroxylation sites is 1. The van der Waals surface area contributed by atoms with E-state index in [2.05, 4.69) is 10.1 Å². The molecule has 1 unspecified atom stereocenters. The number of pyridine rings is 1. The van der Waals surface area contributed by atoms with Gasteiger partial charge in [-0.25, -0.2) is 9.99 Å². The number of carbonyl (C=O) groups is 2. The van der Waals surface area contributed by atoms with Crippen molar-refractivity contribution < 1.29 is 14.5 Å². The molecule has 4 rings (SSSR count). The summed E-state index contributed by atoms with van der Waals surface area (Å²) in [4.78, 5) is 41.2. The van der Waals surface area contributed by atoms with E-state index < -0.39 is 10.3 Å². The van der Waals surface area contributed by atoms with Crippen molar-refractivity contribution >= 4 is 62.6 Å². The number of hydrogen-bond donors (Lipinski definition) is 0. The zero-order valence-electron chi connectivity index (χ0n) is 17.9. The highest BCUT2D eigenvalue weighted by atomic mass is 35.5. The van der Waals surface area contributed by atoms with Gasteiger partial charge in [0.1, 0.15) is 10.5 Å². The van der Waals surface area contributed by atoms with Gasteiger partial charge < -0.3 is 0 Å². The van der Waals surface area contributed by atoms with E-state index >= 15 is 0 Å². The van der Waals surface area contributed by atoms with Crippen LogP contribution in [0.15, 0.2) is 53.6 Å². The fraction of sp³-hybridized carbons (Fsp3) is 0.182. The van der Waals surface area contributed by atoms with Crippen molar-refractivity contribution in [3.63, 3.8) is 0 Å². The fourth-order valence-electron chi connectivity index (χ4n) is 3.51. The summed E-state index contributed by atoms with van der Waals surface area (Å²) >= 11 is 7.69. The summed E-state index contributed by atoms with van der Waals surface area (Å²) in [6.07, 6.45) is 0. The molecule has 0 N–H and O–H groups in total. The van der Waals surface area contributed by atoms with Crippen LogP contribution in [0, 0.1) is 17.0 Å². The Hall–Kier alpha value is -3.50. The molecule has 0 saturated heterocycles. The van der Waals surface area contributed by atoms with E-state index in [-0.39, 0.29) is 27.8 Å². The van der Waals surface area contributed by atoms with E-state index in [4.69, 9.17) is 11.6 Å². The Balaban J connectivity index is 1.75. The third-order valence-electron chi connectivity index (χ3n) is 5.07. The molecule has 3 aromatic rings. The lowest BCUT2D eigenvalue weighted by atomic mass is 10.1. The van der Waals surface area contributed by atoms with Crippen molar-refractivity contribution in [3.8, 4) is 0 Å². The van der Waals surface area contributed by atoms with Crippen LogP contribution in [-0.4, -0.2) is 31.9 Å². The molecular formula is C22H18ClN5O4S. The van der Waals surface area contributed by atoms with Crippen molar-refractivity contribution in [2.75, 3.05) is 4.90 Å². The maximum Gasteiger partial charge on any atom is 0.269 e. The highest BCUT2D eigenvalue weighted by molar-refractivity contribution is 8.14. The van der Waals surface area contributed by atoms with Crippen LogP contribution in [0.1, 0.15) is 30.3 Å². The van der Waals surface area contributed by atoms with Crippen LogP contribution in [0.2, 0.25) is 5.15 Å². The van der Waals surface area contributed by atoms with Crippen molar-refractivity contribution in [1.29, 1.82) is 0 Å². The van der Waals surface area contributed by atoms with Gasteiger partial charge in [0.05, 0.1) is 16.1 Å². The number of carbonyl (C=O) groups excluding carboxylic acids is 2. The van der Waals surface area contributed by atoms with Gasteiger partial charge in [-0.1, -0.05) is 41.6 Å². The second-order valence-corrected chi connectivity index (χ2v) is 8.76. The molecule has 1 atom stereocenters. The molecule has 1 aliphatic heterocycles. The topological polar surface area (TPSA) is 109 Å². The Bertz CT molecular complexity index is 1330. The Morgan fingerprint density at radius 1 is 1.18 bits per heavy atom. The van der Waals surface area contributed by atoms with Gasteiger partial charge in [-0.2, -0.15) is 0 Å². The normalized spacial score (nSPS) is 15.5. The number of hydrazone groups is 1. The van der Waals surface area contributed by atoms with Gasteiger partial charge in [0.2, 0.25) is 11.8 Å². The number of anilines is 1. The predicted octanol–water partition coefficient (Wildman–Crippen LogP) is 5.02. The lowest BCUT2D eigenvalue weighted by Gasteiger charge is -2.21. The summed E-state index contributed by atoms with van der Waals surface area (Å²) < 4.78 is 0. The Morgan fingerprint density at radius 3 is 2.48 bits per heavy atom. The molecule has 2 amide bonds. The van der Waals surface area contributed by atoms with Crippen molar-refractivity contribution in [1.82, 2.24) is 9.99 Å². The number of aryl methyl sites for hydroxylation is 1. The Labute approximate surface area is 198 Å². The number of fused-ring (bicyclic) bond motifs is 1.